The molecule has 0 saturated heterocycles. The molecule has 7 heteroatoms. The fraction of sp³-hybridized carbons (Fsp3) is 0.259. The van der Waals surface area contributed by atoms with Gasteiger partial charge in [-0.3, -0.25) is 9.59 Å². The summed E-state index contributed by atoms with van der Waals surface area (Å²) in [7, 11) is 0. The van der Waals surface area contributed by atoms with Crippen LogP contribution in [0.1, 0.15) is 22.3 Å². The van der Waals surface area contributed by atoms with E-state index in [0.29, 0.717) is 12.1 Å². The lowest BCUT2D eigenvalue weighted by molar-refractivity contribution is -0.174. The van der Waals surface area contributed by atoms with Crippen LogP contribution in [0.2, 0.25) is 0 Å². The van der Waals surface area contributed by atoms with Crippen LogP contribution in [0.15, 0.2) is 66.9 Å². The van der Waals surface area contributed by atoms with Crippen LogP contribution in [-0.4, -0.2) is 30.8 Å². The molecule has 2 aliphatic carbocycles. The van der Waals surface area contributed by atoms with Crippen molar-refractivity contribution in [3.8, 4) is 11.1 Å². The maximum atomic E-state index is 13.0. The highest BCUT2D eigenvalue weighted by Gasteiger charge is 2.44. The van der Waals surface area contributed by atoms with Gasteiger partial charge in [-0.05, 0) is 76.6 Å². The normalized spacial score (nSPS) is 18.3. The summed E-state index contributed by atoms with van der Waals surface area (Å²) in [4.78, 5) is 22.3. The van der Waals surface area contributed by atoms with Crippen LogP contribution in [0.3, 0.4) is 0 Å². The predicted molar refractivity (Wildman–Crippen MR) is 126 cm³/mol. The quantitative estimate of drug-likeness (QED) is 0.691. The molecule has 5 rings (SSSR count). The van der Waals surface area contributed by atoms with Crippen LogP contribution >= 0.6 is 0 Å². The maximum absolute atomic E-state index is 13.0. The Morgan fingerprint density at radius 3 is 2.53 bits per heavy atom. The molecular formula is C27H25F3N2O2. The van der Waals surface area contributed by atoms with E-state index in [-0.39, 0.29) is 18.7 Å². The molecule has 1 heterocycles. The van der Waals surface area contributed by atoms with Crippen molar-refractivity contribution in [3.05, 3.63) is 89.2 Å². The number of carbonyl (C=O) groups is 2. The number of fused-ring (bicyclic) bond motifs is 5. The Bertz CT molecular complexity index is 1210. The number of alkyl halides is 3. The summed E-state index contributed by atoms with van der Waals surface area (Å²) in [6, 6.07) is 12.1. The van der Waals surface area contributed by atoms with Gasteiger partial charge in [-0.1, -0.05) is 48.6 Å². The lowest BCUT2D eigenvalue weighted by Gasteiger charge is -2.30. The van der Waals surface area contributed by atoms with E-state index in [4.69, 9.17) is 5.73 Å². The molecule has 1 aliphatic heterocycles. The minimum atomic E-state index is -4.83. The van der Waals surface area contributed by atoms with Crippen molar-refractivity contribution in [1.82, 2.24) is 5.32 Å². The Kier molecular flexibility index (Phi) is 6.84. The zero-order valence-electron chi connectivity index (χ0n) is 18.5. The number of carbonyl (C=O) groups excluding carboxylic acids is 2. The Morgan fingerprint density at radius 2 is 1.76 bits per heavy atom. The largest absolute Gasteiger partial charge is 0.450 e. The number of aryl methyl sites for hydroxylation is 1. The SMILES string of the molecule is NCC1=CC(C(=O)C(F)(F)F)Cc2c1ccc1c2CCc2ccccc2-1.O=C1C=CC=CNC1. The molecule has 0 bridgehead atoms. The number of allylic oxidation sites excluding steroid dienone is 3. The summed E-state index contributed by atoms with van der Waals surface area (Å²) in [6.45, 7) is 0.539. The number of ketones is 2. The van der Waals surface area contributed by atoms with E-state index in [0.717, 1.165) is 40.7 Å². The van der Waals surface area contributed by atoms with E-state index in [1.165, 1.54) is 11.6 Å². The van der Waals surface area contributed by atoms with Gasteiger partial charge in [-0.2, -0.15) is 13.2 Å². The first-order valence-electron chi connectivity index (χ1n) is 11.1. The molecule has 34 heavy (non-hydrogen) atoms. The maximum Gasteiger partial charge on any atom is 0.450 e. The smallest absolute Gasteiger partial charge is 0.383 e. The van der Waals surface area contributed by atoms with Gasteiger partial charge in [-0.25, -0.2) is 0 Å². The average Bonchev–Trinajstić information content (AvgIpc) is 3.09. The third-order valence-electron chi connectivity index (χ3n) is 6.28. The number of hydrogen-bond acceptors (Lipinski definition) is 4. The van der Waals surface area contributed by atoms with E-state index in [1.54, 1.807) is 24.4 Å². The average molecular weight is 467 g/mol. The molecule has 0 fully saturated rings. The molecule has 0 aromatic heterocycles. The van der Waals surface area contributed by atoms with Crippen molar-refractivity contribution in [3.63, 3.8) is 0 Å². The number of hydrogen-bond donors (Lipinski definition) is 2. The molecule has 176 valence electrons. The van der Waals surface area contributed by atoms with Gasteiger partial charge in [0.15, 0.2) is 5.78 Å². The molecule has 0 radical (unpaired) electrons. The van der Waals surface area contributed by atoms with Crippen molar-refractivity contribution in [2.75, 3.05) is 13.1 Å². The molecule has 0 spiro atoms. The van der Waals surface area contributed by atoms with Crippen molar-refractivity contribution < 1.29 is 22.8 Å². The van der Waals surface area contributed by atoms with Crippen molar-refractivity contribution in [1.29, 1.82) is 0 Å². The van der Waals surface area contributed by atoms with E-state index in [1.807, 2.05) is 30.3 Å². The van der Waals surface area contributed by atoms with Crippen LogP contribution in [0.4, 0.5) is 13.2 Å². The van der Waals surface area contributed by atoms with Gasteiger partial charge < -0.3 is 11.1 Å². The molecule has 3 N–H and O–H groups in total. The Labute approximate surface area is 196 Å². The number of benzene rings is 2. The summed E-state index contributed by atoms with van der Waals surface area (Å²) in [6.07, 6.45) is 5.09. The summed E-state index contributed by atoms with van der Waals surface area (Å²) < 4.78 is 38.9. The topological polar surface area (TPSA) is 72.2 Å². The van der Waals surface area contributed by atoms with Gasteiger partial charge in [0.05, 0.1) is 6.54 Å². The van der Waals surface area contributed by atoms with Gasteiger partial charge in [-0.15, -0.1) is 0 Å². The summed E-state index contributed by atoms with van der Waals surface area (Å²) in [5.41, 5.74) is 12.6. The van der Waals surface area contributed by atoms with Crippen LogP contribution in [0.25, 0.3) is 16.7 Å². The number of halogens is 3. The van der Waals surface area contributed by atoms with E-state index in [2.05, 4.69) is 11.4 Å². The van der Waals surface area contributed by atoms with Crippen LogP contribution in [0, 0.1) is 5.92 Å². The van der Waals surface area contributed by atoms with E-state index >= 15 is 0 Å². The molecule has 0 amide bonds. The van der Waals surface area contributed by atoms with Gasteiger partial charge >= 0.3 is 6.18 Å². The first-order valence-corrected chi connectivity index (χ1v) is 11.1. The van der Waals surface area contributed by atoms with Crippen LogP contribution in [-0.2, 0) is 28.9 Å². The van der Waals surface area contributed by atoms with Crippen LogP contribution in [0.5, 0.6) is 0 Å². The standard InChI is InChI=1S/C21H18F3NO.C6H7NO/c22-21(23,24)20(26)13-9-14(11-25)16-7-8-17-15-4-2-1-3-12(15)5-6-18(17)19(16)10-13;8-6-3-1-2-4-7-5-6/h1-4,7-9,13H,5-6,10-11,25H2;1-4,7H,5H2. The Hall–Kier alpha value is -3.45. The van der Waals surface area contributed by atoms with E-state index < -0.39 is 17.9 Å². The molecular weight excluding hydrogens is 441 g/mol. The lowest BCUT2D eigenvalue weighted by Crippen LogP contribution is -2.33. The molecule has 1 unspecified atom stereocenters. The zero-order valence-corrected chi connectivity index (χ0v) is 18.5. The molecule has 1 atom stereocenters. The van der Waals surface area contributed by atoms with E-state index in [9.17, 15) is 22.8 Å². The molecule has 4 nitrogen and oxygen atoms in total. The van der Waals surface area contributed by atoms with Gasteiger partial charge in [0.2, 0.25) is 5.78 Å². The van der Waals surface area contributed by atoms with Crippen LogP contribution < -0.4 is 11.1 Å². The molecule has 3 aliphatic rings. The van der Waals surface area contributed by atoms with Gasteiger partial charge in [0, 0.05) is 12.5 Å². The van der Waals surface area contributed by atoms with Gasteiger partial charge in [0.1, 0.15) is 0 Å². The summed E-state index contributed by atoms with van der Waals surface area (Å²) >= 11 is 0. The third kappa shape index (κ3) is 4.89. The second-order valence-corrected chi connectivity index (χ2v) is 8.41. The number of rotatable bonds is 2. The first kappa shape index (κ1) is 23.7. The molecule has 2 aromatic carbocycles. The predicted octanol–water partition coefficient (Wildman–Crippen LogP) is 4.33. The Balaban J connectivity index is 0.000000291. The van der Waals surface area contributed by atoms with Crippen molar-refractivity contribution in [2.45, 2.75) is 25.4 Å². The fourth-order valence-corrected chi connectivity index (χ4v) is 4.70. The number of Topliss-reactive ketones (excluding diaryl/α,β-unsaturated/α-hetero) is 1. The molecule has 2 aromatic rings. The third-order valence-corrected chi connectivity index (χ3v) is 6.28. The van der Waals surface area contributed by atoms with Crippen molar-refractivity contribution in [2.24, 2.45) is 11.7 Å². The van der Waals surface area contributed by atoms with Gasteiger partial charge in [0.25, 0.3) is 0 Å². The highest BCUT2D eigenvalue weighted by Crippen LogP contribution is 2.41. The minimum Gasteiger partial charge on any atom is -0.383 e. The summed E-state index contributed by atoms with van der Waals surface area (Å²) in [5, 5.41) is 2.80. The number of nitrogens with one attached hydrogen (secondary N) is 1. The second-order valence-electron chi connectivity index (χ2n) is 8.41. The monoisotopic (exact) mass is 466 g/mol. The lowest BCUT2D eigenvalue weighted by atomic mass is 9.75. The minimum absolute atomic E-state index is 0.0858. The Morgan fingerprint density at radius 1 is 1.00 bits per heavy atom. The fourth-order valence-electron chi connectivity index (χ4n) is 4.70. The van der Waals surface area contributed by atoms with Crippen molar-refractivity contribution >= 4 is 17.1 Å². The first-order chi connectivity index (χ1) is 16.3. The summed E-state index contributed by atoms with van der Waals surface area (Å²) in [5.74, 6) is -2.76. The molecule has 0 saturated carbocycles. The number of nitrogens with two attached hydrogens (primary N) is 1. The zero-order chi connectivity index (χ0) is 24.3. The highest BCUT2D eigenvalue weighted by molar-refractivity contribution is 5.92. The highest BCUT2D eigenvalue weighted by atomic mass is 19.4. The second kappa shape index (κ2) is 9.81.